The Labute approximate surface area is 101 Å². The van der Waals surface area contributed by atoms with Crippen molar-refractivity contribution in [2.24, 2.45) is 0 Å². The van der Waals surface area contributed by atoms with Crippen LogP contribution in [0.15, 0.2) is 24.3 Å². The number of hydrogen-bond donors (Lipinski definition) is 2. The number of nitrogens with one attached hydrogen (secondary N) is 1. The van der Waals surface area contributed by atoms with Gasteiger partial charge in [-0.3, -0.25) is 4.79 Å². The predicted octanol–water partition coefficient (Wildman–Crippen LogP) is 1.69. The minimum absolute atomic E-state index is 0.126. The number of phenols is 1. The Kier molecular flexibility index (Phi) is 3.98. The number of carbonyl (C=O) groups excluding carboxylic acids is 1. The van der Waals surface area contributed by atoms with E-state index in [1.165, 1.54) is 18.6 Å². The molecule has 1 atom stereocenters. The standard InChI is InChI=1S/C13H17NO3/c15-11-6-4-10(5-7-11)13(16)14-9-12-3-1-2-8-17-12/h4-7,12,15H,1-3,8-9H2,(H,14,16). The fourth-order valence-corrected chi connectivity index (χ4v) is 1.89. The molecule has 0 saturated carbocycles. The first-order valence-corrected chi connectivity index (χ1v) is 5.94. The Balaban J connectivity index is 1.82. The van der Waals surface area contributed by atoms with Crippen LogP contribution in [-0.4, -0.2) is 30.3 Å². The summed E-state index contributed by atoms with van der Waals surface area (Å²) in [6.45, 7) is 1.35. The van der Waals surface area contributed by atoms with Gasteiger partial charge in [0.1, 0.15) is 5.75 Å². The maximum atomic E-state index is 11.8. The van der Waals surface area contributed by atoms with Gasteiger partial charge in [-0.25, -0.2) is 0 Å². The van der Waals surface area contributed by atoms with E-state index in [9.17, 15) is 4.79 Å². The van der Waals surface area contributed by atoms with Crippen LogP contribution in [-0.2, 0) is 4.74 Å². The van der Waals surface area contributed by atoms with Gasteiger partial charge in [-0.2, -0.15) is 0 Å². The molecule has 1 heterocycles. The normalized spacial score (nSPS) is 19.9. The largest absolute Gasteiger partial charge is 0.508 e. The molecule has 2 N–H and O–H groups in total. The molecule has 0 aromatic heterocycles. The third-order valence-corrected chi connectivity index (χ3v) is 2.89. The molecule has 17 heavy (non-hydrogen) atoms. The monoisotopic (exact) mass is 235 g/mol. The van der Waals surface area contributed by atoms with Crippen molar-refractivity contribution in [3.05, 3.63) is 29.8 Å². The first kappa shape index (κ1) is 11.9. The van der Waals surface area contributed by atoms with E-state index >= 15 is 0 Å². The summed E-state index contributed by atoms with van der Waals surface area (Å²) in [5.74, 6) is 0.0383. The number of benzene rings is 1. The summed E-state index contributed by atoms with van der Waals surface area (Å²) in [6, 6.07) is 6.22. The van der Waals surface area contributed by atoms with E-state index in [2.05, 4.69) is 5.32 Å². The molecule has 92 valence electrons. The molecule has 1 aliphatic heterocycles. The summed E-state index contributed by atoms with van der Waals surface area (Å²) in [7, 11) is 0. The average molecular weight is 235 g/mol. The van der Waals surface area contributed by atoms with E-state index in [4.69, 9.17) is 9.84 Å². The van der Waals surface area contributed by atoms with Crippen LogP contribution in [0.5, 0.6) is 5.75 Å². The molecule has 4 heteroatoms. The predicted molar refractivity (Wildman–Crippen MR) is 64.0 cm³/mol. The number of hydrogen-bond acceptors (Lipinski definition) is 3. The maximum Gasteiger partial charge on any atom is 0.251 e. The van der Waals surface area contributed by atoms with Crippen molar-refractivity contribution in [1.29, 1.82) is 0 Å². The molecule has 0 radical (unpaired) electrons. The van der Waals surface area contributed by atoms with Crippen molar-refractivity contribution >= 4 is 5.91 Å². The zero-order valence-electron chi connectivity index (χ0n) is 9.69. The van der Waals surface area contributed by atoms with Gasteiger partial charge in [-0.1, -0.05) is 0 Å². The van der Waals surface area contributed by atoms with Crippen molar-refractivity contribution in [3.63, 3.8) is 0 Å². The minimum atomic E-state index is -0.126. The van der Waals surface area contributed by atoms with Crippen molar-refractivity contribution in [2.75, 3.05) is 13.2 Å². The van der Waals surface area contributed by atoms with Crippen molar-refractivity contribution in [2.45, 2.75) is 25.4 Å². The fourth-order valence-electron chi connectivity index (χ4n) is 1.89. The highest BCUT2D eigenvalue weighted by atomic mass is 16.5. The second-order valence-corrected chi connectivity index (χ2v) is 4.25. The van der Waals surface area contributed by atoms with Crippen molar-refractivity contribution in [3.8, 4) is 5.75 Å². The van der Waals surface area contributed by atoms with Gasteiger partial charge in [-0.15, -0.1) is 0 Å². The fraction of sp³-hybridized carbons (Fsp3) is 0.462. The first-order valence-electron chi connectivity index (χ1n) is 5.94. The number of rotatable bonds is 3. The van der Waals surface area contributed by atoms with Crippen LogP contribution in [0.1, 0.15) is 29.6 Å². The lowest BCUT2D eigenvalue weighted by Gasteiger charge is -2.22. The molecular formula is C13H17NO3. The molecule has 1 amide bonds. The van der Waals surface area contributed by atoms with Gasteiger partial charge in [0.15, 0.2) is 0 Å². The highest BCUT2D eigenvalue weighted by Crippen LogP contribution is 2.12. The summed E-state index contributed by atoms with van der Waals surface area (Å²) >= 11 is 0. The second-order valence-electron chi connectivity index (χ2n) is 4.25. The lowest BCUT2D eigenvalue weighted by atomic mass is 10.1. The SMILES string of the molecule is O=C(NCC1CCCCO1)c1ccc(O)cc1. The van der Waals surface area contributed by atoms with Crippen LogP contribution >= 0.6 is 0 Å². The molecule has 4 nitrogen and oxygen atoms in total. The molecule has 1 aromatic rings. The zero-order valence-corrected chi connectivity index (χ0v) is 9.69. The molecule has 0 aliphatic carbocycles. The Morgan fingerprint density at radius 1 is 1.35 bits per heavy atom. The maximum absolute atomic E-state index is 11.8. The van der Waals surface area contributed by atoms with Gasteiger partial charge in [0.05, 0.1) is 6.10 Å². The Morgan fingerprint density at radius 2 is 2.12 bits per heavy atom. The first-order chi connectivity index (χ1) is 8.25. The summed E-state index contributed by atoms with van der Waals surface area (Å²) in [5.41, 5.74) is 0.554. The molecule has 1 unspecified atom stereocenters. The third-order valence-electron chi connectivity index (χ3n) is 2.89. The van der Waals surface area contributed by atoms with E-state index in [0.29, 0.717) is 12.1 Å². The number of phenolic OH excluding ortho intramolecular Hbond substituents is 1. The molecule has 1 saturated heterocycles. The summed E-state index contributed by atoms with van der Waals surface area (Å²) in [5, 5.41) is 12.0. The van der Waals surface area contributed by atoms with Crippen LogP contribution < -0.4 is 5.32 Å². The molecule has 1 aromatic carbocycles. The van der Waals surface area contributed by atoms with Gasteiger partial charge in [-0.05, 0) is 43.5 Å². The van der Waals surface area contributed by atoms with E-state index in [1.807, 2.05) is 0 Å². The van der Waals surface area contributed by atoms with Gasteiger partial charge in [0.2, 0.25) is 0 Å². The molecule has 2 rings (SSSR count). The number of aromatic hydroxyl groups is 1. The van der Waals surface area contributed by atoms with Crippen LogP contribution in [0.25, 0.3) is 0 Å². The van der Waals surface area contributed by atoms with E-state index < -0.39 is 0 Å². The zero-order chi connectivity index (χ0) is 12.1. The van der Waals surface area contributed by atoms with Gasteiger partial charge in [0.25, 0.3) is 5.91 Å². The van der Waals surface area contributed by atoms with Crippen LogP contribution in [0.3, 0.4) is 0 Å². The smallest absolute Gasteiger partial charge is 0.251 e. The molecular weight excluding hydrogens is 218 g/mol. The summed E-state index contributed by atoms with van der Waals surface area (Å²) < 4.78 is 5.53. The number of ether oxygens (including phenoxy) is 1. The van der Waals surface area contributed by atoms with Crippen LogP contribution in [0.2, 0.25) is 0 Å². The van der Waals surface area contributed by atoms with Crippen LogP contribution in [0, 0.1) is 0 Å². The van der Waals surface area contributed by atoms with Crippen molar-refractivity contribution < 1.29 is 14.6 Å². The molecule has 0 spiro atoms. The van der Waals surface area contributed by atoms with Crippen LogP contribution in [0.4, 0.5) is 0 Å². The minimum Gasteiger partial charge on any atom is -0.508 e. The Morgan fingerprint density at radius 3 is 2.76 bits per heavy atom. The highest BCUT2D eigenvalue weighted by molar-refractivity contribution is 5.94. The summed E-state index contributed by atoms with van der Waals surface area (Å²) in [4.78, 5) is 11.8. The van der Waals surface area contributed by atoms with Gasteiger partial charge < -0.3 is 15.2 Å². The number of amides is 1. The highest BCUT2D eigenvalue weighted by Gasteiger charge is 2.15. The van der Waals surface area contributed by atoms with Gasteiger partial charge >= 0.3 is 0 Å². The van der Waals surface area contributed by atoms with E-state index in [0.717, 1.165) is 19.4 Å². The molecule has 1 fully saturated rings. The Hall–Kier alpha value is -1.55. The average Bonchev–Trinajstić information content (AvgIpc) is 2.38. The van der Waals surface area contributed by atoms with Crippen molar-refractivity contribution in [1.82, 2.24) is 5.32 Å². The van der Waals surface area contributed by atoms with E-state index in [-0.39, 0.29) is 17.8 Å². The quantitative estimate of drug-likeness (QED) is 0.838. The Bertz CT molecular complexity index is 369. The topological polar surface area (TPSA) is 58.6 Å². The third kappa shape index (κ3) is 3.46. The number of carbonyl (C=O) groups is 1. The lowest BCUT2D eigenvalue weighted by Crippen LogP contribution is -2.35. The lowest BCUT2D eigenvalue weighted by molar-refractivity contribution is 0.0169. The van der Waals surface area contributed by atoms with Gasteiger partial charge in [0, 0.05) is 18.7 Å². The molecule has 0 bridgehead atoms. The van der Waals surface area contributed by atoms with E-state index in [1.54, 1.807) is 12.1 Å². The second kappa shape index (κ2) is 5.68. The summed E-state index contributed by atoms with van der Waals surface area (Å²) in [6.07, 6.45) is 3.43. The molecule has 1 aliphatic rings.